The summed E-state index contributed by atoms with van der Waals surface area (Å²) in [6, 6.07) is 5.06. The van der Waals surface area contributed by atoms with Crippen molar-refractivity contribution in [2.75, 3.05) is 6.61 Å². The minimum Gasteiger partial charge on any atom is -0.483 e. The lowest BCUT2D eigenvalue weighted by molar-refractivity contribution is -0.0673. The first-order valence-electron chi connectivity index (χ1n) is 4.30. The molecule has 1 heterocycles. The van der Waals surface area contributed by atoms with E-state index in [-0.39, 0.29) is 12.4 Å². The Balaban J connectivity index is 2.48. The molecule has 1 aliphatic rings. The molecule has 74 valence electrons. The average Bonchev–Trinajstić information content (AvgIpc) is 2.16. The Kier molecular flexibility index (Phi) is 2.13. The first-order valence-corrected chi connectivity index (χ1v) is 4.30. The van der Waals surface area contributed by atoms with Crippen molar-refractivity contribution in [2.24, 2.45) is 0 Å². The number of ether oxygens (including phenoxy) is 2. The van der Waals surface area contributed by atoms with Gasteiger partial charge in [-0.3, -0.25) is 4.79 Å². The Morgan fingerprint density at radius 1 is 1.57 bits per heavy atom. The zero-order valence-corrected chi connectivity index (χ0v) is 7.69. The zero-order valence-electron chi connectivity index (χ0n) is 7.69. The maximum Gasteiger partial charge on any atom is 0.232 e. The molecular formula is C10H10O4. The molecular weight excluding hydrogens is 184 g/mol. The van der Waals surface area contributed by atoms with Crippen LogP contribution in [0.3, 0.4) is 0 Å². The van der Waals surface area contributed by atoms with Gasteiger partial charge in [0.2, 0.25) is 6.29 Å². The van der Waals surface area contributed by atoms with E-state index in [1.54, 1.807) is 18.2 Å². The number of rotatable bonds is 1. The van der Waals surface area contributed by atoms with E-state index in [1.165, 1.54) is 6.92 Å². The third-order valence-electron chi connectivity index (χ3n) is 1.99. The Hall–Kier alpha value is -1.55. The Morgan fingerprint density at radius 2 is 2.36 bits per heavy atom. The molecule has 1 N–H and O–H groups in total. The average molecular weight is 194 g/mol. The SMILES string of the molecule is CC(=O)c1cccc2c1OC(O)CO2. The van der Waals surface area contributed by atoms with Crippen LogP contribution < -0.4 is 9.47 Å². The van der Waals surface area contributed by atoms with Crippen molar-refractivity contribution in [3.8, 4) is 11.5 Å². The van der Waals surface area contributed by atoms with E-state index in [0.29, 0.717) is 17.1 Å². The number of carbonyl (C=O) groups is 1. The molecule has 2 rings (SSSR count). The van der Waals surface area contributed by atoms with Gasteiger partial charge >= 0.3 is 0 Å². The largest absolute Gasteiger partial charge is 0.483 e. The molecule has 14 heavy (non-hydrogen) atoms. The van der Waals surface area contributed by atoms with E-state index in [4.69, 9.17) is 9.47 Å². The standard InChI is InChI=1S/C10H10O4/c1-6(11)7-3-2-4-8-10(7)14-9(12)5-13-8/h2-4,9,12H,5H2,1H3. The number of Topliss-reactive ketones (excluding diaryl/α,β-unsaturated/α-hetero) is 1. The maximum absolute atomic E-state index is 11.2. The molecule has 1 atom stereocenters. The quantitative estimate of drug-likeness (QED) is 0.677. The summed E-state index contributed by atoms with van der Waals surface area (Å²) < 4.78 is 10.3. The lowest BCUT2D eigenvalue weighted by Crippen LogP contribution is -2.29. The molecule has 1 unspecified atom stereocenters. The summed E-state index contributed by atoms with van der Waals surface area (Å²) in [4.78, 5) is 11.2. The van der Waals surface area contributed by atoms with E-state index in [9.17, 15) is 9.90 Å². The molecule has 0 amide bonds. The van der Waals surface area contributed by atoms with Gasteiger partial charge in [0.25, 0.3) is 0 Å². The van der Waals surface area contributed by atoms with Crippen LogP contribution in [0.1, 0.15) is 17.3 Å². The van der Waals surface area contributed by atoms with Crippen molar-refractivity contribution in [3.63, 3.8) is 0 Å². The van der Waals surface area contributed by atoms with Crippen molar-refractivity contribution in [2.45, 2.75) is 13.2 Å². The van der Waals surface area contributed by atoms with Crippen LogP contribution in [0.25, 0.3) is 0 Å². The fourth-order valence-electron chi connectivity index (χ4n) is 1.36. The summed E-state index contributed by atoms with van der Waals surface area (Å²) in [5.74, 6) is 0.723. The van der Waals surface area contributed by atoms with Crippen LogP contribution in [0.2, 0.25) is 0 Å². The van der Waals surface area contributed by atoms with Gasteiger partial charge in [-0.25, -0.2) is 0 Å². The van der Waals surface area contributed by atoms with Crippen LogP contribution in [0.4, 0.5) is 0 Å². The van der Waals surface area contributed by atoms with Gasteiger partial charge in [-0.2, -0.15) is 0 Å². The minimum absolute atomic E-state index is 0.0916. The zero-order chi connectivity index (χ0) is 10.1. The molecule has 1 aromatic carbocycles. The number of hydrogen-bond donors (Lipinski definition) is 1. The molecule has 4 nitrogen and oxygen atoms in total. The summed E-state index contributed by atoms with van der Waals surface area (Å²) in [7, 11) is 0. The Bertz CT molecular complexity index is 372. The van der Waals surface area contributed by atoms with Crippen molar-refractivity contribution in [1.29, 1.82) is 0 Å². The van der Waals surface area contributed by atoms with Crippen LogP contribution in [0, 0.1) is 0 Å². The van der Waals surface area contributed by atoms with Crippen molar-refractivity contribution in [3.05, 3.63) is 23.8 Å². The van der Waals surface area contributed by atoms with Crippen LogP contribution in [-0.4, -0.2) is 23.8 Å². The van der Waals surface area contributed by atoms with Gasteiger partial charge < -0.3 is 14.6 Å². The monoisotopic (exact) mass is 194 g/mol. The van der Waals surface area contributed by atoms with Crippen LogP contribution in [0.5, 0.6) is 11.5 Å². The predicted molar refractivity (Wildman–Crippen MR) is 48.6 cm³/mol. The third kappa shape index (κ3) is 1.44. The normalized spacial score (nSPS) is 19.1. The molecule has 0 fully saturated rings. The minimum atomic E-state index is -0.997. The summed E-state index contributed by atoms with van der Waals surface area (Å²) in [6.45, 7) is 1.54. The van der Waals surface area contributed by atoms with Crippen LogP contribution in [-0.2, 0) is 0 Å². The molecule has 0 spiro atoms. The molecule has 0 aromatic heterocycles. The second-order valence-corrected chi connectivity index (χ2v) is 3.07. The molecule has 1 aromatic rings. The van der Waals surface area contributed by atoms with Gasteiger partial charge in [0.05, 0.1) is 5.56 Å². The van der Waals surface area contributed by atoms with Crippen molar-refractivity contribution < 1.29 is 19.4 Å². The fraction of sp³-hybridized carbons (Fsp3) is 0.300. The lowest BCUT2D eigenvalue weighted by Gasteiger charge is -2.24. The lowest BCUT2D eigenvalue weighted by atomic mass is 10.1. The van der Waals surface area contributed by atoms with Gasteiger partial charge in [0.1, 0.15) is 0 Å². The number of benzene rings is 1. The molecule has 4 heteroatoms. The maximum atomic E-state index is 11.2. The van der Waals surface area contributed by atoms with E-state index in [1.807, 2.05) is 0 Å². The highest BCUT2D eigenvalue weighted by molar-refractivity contribution is 5.97. The van der Waals surface area contributed by atoms with Gasteiger partial charge in [0, 0.05) is 0 Å². The van der Waals surface area contributed by atoms with E-state index >= 15 is 0 Å². The number of aliphatic hydroxyl groups is 1. The van der Waals surface area contributed by atoms with E-state index in [0.717, 1.165) is 0 Å². The molecule has 0 radical (unpaired) electrons. The number of para-hydroxylation sites is 1. The smallest absolute Gasteiger partial charge is 0.232 e. The Morgan fingerprint density at radius 3 is 3.07 bits per heavy atom. The van der Waals surface area contributed by atoms with Gasteiger partial charge in [-0.1, -0.05) is 6.07 Å². The number of fused-ring (bicyclic) bond motifs is 1. The summed E-state index contributed by atoms with van der Waals surface area (Å²) in [6.07, 6.45) is -0.997. The highest BCUT2D eigenvalue weighted by Crippen LogP contribution is 2.34. The number of ketones is 1. The first-order chi connectivity index (χ1) is 6.68. The topological polar surface area (TPSA) is 55.8 Å². The number of carbonyl (C=O) groups excluding carboxylic acids is 1. The molecule has 0 bridgehead atoms. The summed E-state index contributed by atoms with van der Waals surface area (Å²) in [5.41, 5.74) is 0.432. The number of hydrogen-bond acceptors (Lipinski definition) is 4. The highest BCUT2D eigenvalue weighted by Gasteiger charge is 2.22. The molecule has 0 saturated heterocycles. The van der Waals surface area contributed by atoms with Gasteiger partial charge in [-0.15, -0.1) is 0 Å². The van der Waals surface area contributed by atoms with E-state index < -0.39 is 6.29 Å². The highest BCUT2D eigenvalue weighted by atomic mass is 16.7. The molecule has 0 aliphatic carbocycles. The van der Waals surface area contributed by atoms with Crippen molar-refractivity contribution >= 4 is 5.78 Å². The van der Waals surface area contributed by atoms with Crippen molar-refractivity contribution in [1.82, 2.24) is 0 Å². The second kappa shape index (κ2) is 3.31. The van der Waals surface area contributed by atoms with Crippen LogP contribution >= 0.6 is 0 Å². The summed E-state index contributed by atoms with van der Waals surface area (Å²) in [5, 5.41) is 9.20. The van der Waals surface area contributed by atoms with Gasteiger partial charge in [0.15, 0.2) is 23.9 Å². The number of aliphatic hydroxyl groups excluding tert-OH is 1. The summed E-state index contributed by atoms with van der Waals surface area (Å²) >= 11 is 0. The third-order valence-corrected chi connectivity index (χ3v) is 1.99. The predicted octanol–water partition coefficient (Wildman–Crippen LogP) is 0.979. The Labute approximate surface area is 81.1 Å². The molecule has 1 aliphatic heterocycles. The molecule has 0 saturated carbocycles. The first kappa shape index (κ1) is 9.02. The van der Waals surface area contributed by atoms with Crippen LogP contribution in [0.15, 0.2) is 18.2 Å². The second-order valence-electron chi connectivity index (χ2n) is 3.07. The van der Waals surface area contributed by atoms with E-state index in [2.05, 4.69) is 0 Å². The van der Waals surface area contributed by atoms with Gasteiger partial charge in [-0.05, 0) is 19.1 Å². The fourth-order valence-corrected chi connectivity index (χ4v) is 1.36.